The van der Waals surface area contributed by atoms with Crippen LogP contribution in [0, 0.1) is 11.6 Å². The average molecular weight is 448 g/mol. The van der Waals surface area contributed by atoms with Crippen molar-refractivity contribution in [2.24, 2.45) is 7.05 Å². The van der Waals surface area contributed by atoms with Gasteiger partial charge in [-0.15, -0.1) is 0 Å². The fourth-order valence-corrected chi connectivity index (χ4v) is 4.50. The normalized spacial score (nSPS) is 15.6. The Morgan fingerprint density at radius 3 is 2.50 bits per heavy atom. The van der Waals surface area contributed by atoms with Gasteiger partial charge in [-0.25, -0.2) is 8.78 Å². The molecular formula is C21H16ClF2N3O2S. The van der Waals surface area contributed by atoms with Crippen LogP contribution in [0.3, 0.4) is 0 Å². The third-order valence-electron chi connectivity index (χ3n) is 4.87. The van der Waals surface area contributed by atoms with Crippen molar-refractivity contribution in [2.75, 3.05) is 5.32 Å². The molecule has 0 saturated heterocycles. The first-order valence-electron chi connectivity index (χ1n) is 9.06. The maximum atomic E-state index is 13.7. The number of thioether (sulfide) groups is 1. The number of aromatic nitrogens is 2. The van der Waals surface area contributed by atoms with E-state index < -0.39 is 23.1 Å². The van der Waals surface area contributed by atoms with Gasteiger partial charge in [0.15, 0.2) is 5.16 Å². The second kappa shape index (κ2) is 8.20. The molecule has 0 aliphatic carbocycles. The lowest BCUT2D eigenvalue weighted by Crippen LogP contribution is -2.33. The average Bonchev–Trinajstić information content (AvgIpc) is 2.69. The first-order chi connectivity index (χ1) is 14.3. The van der Waals surface area contributed by atoms with E-state index in [1.54, 1.807) is 23.7 Å². The maximum absolute atomic E-state index is 13.7. The smallest absolute Gasteiger partial charge is 0.279 e. The number of halogens is 3. The van der Waals surface area contributed by atoms with Crippen LogP contribution in [-0.4, -0.2) is 15.5 Å². The van der Waals surface area contributed by atoms with Crippen molar-refractivity contribution in [1.29, 1.82) is 0 Å². The number of rotatable bonds is 4. The molecule has 1 N–H and O–H groups in total. The van der Waals surface area contributed by atoms with E-state index in [9.17, 15) is 18.4 Å². The zero-order valence-electron chi connectivity index (χ0n) is 15.8. The largest absolute Gasteiger partial charge is 0.312 e. The fourth-order valence-electron chi connectivity index (χ4n) is 3.45. The van der Waals surface area contributed by atoms with Gasteiger partial charge in [0.1, 0.15) is 17.5 Å². The van der Waals surface area contributed by atoms with Crippen LogP contribution in [0.1, 0.15) is 29.0 Å². The molecule has 1 atom stereocenters. The fraction of sp³-hybridized carbons (Fsp3) is 0.190. The second-order valence-corrected chi connectivity index (χ2v) is 8.32. The van der Waals surface area contributed by atoms with Gasteiger partial charge in [0.25, 0.3) is 5.56 Å². The Labute approximate surface area is 180 Å². The van der Waals surface area contributed by atoms with Crippen LogP contribution >= 0.6 is 23.4 Å². The molecule has 1 aliphatic rings. The number of nitrogens with one attached hydrogen (secondary N) is 1. The highest BCUT2D eigenvalue weighted by atomic mass is 35.5. The van der Waals surface area contributed by atoms with Crippen LogP contribution in [-0.2, 0) is 17.6 Å². The second-order valence-electron chi connectivity index (χ2n) is 6.94. The number of hydrogen-bond acceptors (Lipinski definition) is 4. The number of nitrogens with zero attached hydrogens (tertiary/aromatic N) is 2. The van der Waals surface area contributed by atoms with Gasteiger partial charge in [0.2, 0.25) is 5.91 Å². The zero-order chi connectivity index (χ0) is 21.4. The predicted molar refractivity (Wildman–Crippen MR) is 112 cm³/mol. The summed E-state index contributed by atoms with van der Waals surface area (Å²) >= 11 is 7.23. The van der Waals surface area contributed by atoms with E-state index in [2.05, 4.69) is 10.3 Å². The molecule has 1 aromatic heterocycles. The number of anilines is 1. The number of carbonyl (C=O) groups is 1. The summed E-state index contributed by atoms with van der Waals surface area (Å²) in [6, 6.07) is 10.3. The van der Waals surface area contributed by atoms with Crippen molar-refractivity contribution in [2.45, 2.75) is 23.2 Å². The van der Waals surface area contributed by atoms with Crippen LogP contribution in [0.25, 0.3) is 0 Å². The van der Waals surface area contributed by atoms with E-state index in [0.717, 1.165) is 23.8 Å². The van der Waals surface area contributed by atoms with Crippen molar-refractivity contribution in [1.82, 2.24) is 9.55 Å². The van der Waals surface area contributed by atoms with E-state index >= 15 is 0 Å². The lowest BCUT2D eigenvalue weighted by molar-refractivity contribution is -0.116. The van der Waals surface area contributed by atoms with Crippen molar-refractivity contribution in [3.05, 3.63) is 86.2 Å². The molecule has 0 fully saturated rings. The van der Waals surface area contributed by atoms with Gasteiger partial charge in [-0.05, 0) is 35.4 Å². The van der Waals surface area contributed by atoms with Gasteiger partial charge in [0.05, 0.1) is 5.56 Å². The van der Waals surface area contributed by atoms with Crippen molar-refractivity contribution in [3.63, 3.8) is 0 Å². The highest BCUT2D eigenvalue weighted by Crippen LogP contribution is 2.36. The molecule has 0 radical (unpaired) electrons. The van der Waals surface area contributed by atoms with E-state index in [0.29, 0.717) is 21.7 Å². The topological polar surface area (TPSA) is 64.0 Å². The van der Waals surface area contributed by atoms with E-state index in [1.807, 2.05) is 12.1 Å². The monoisotopic (exact) mass is 447 g/mol. The van der Waals surface area contributed by atoms with Gasteiger partial charge in [0, 0.05) is 36.2 Å². The highest BCUT2D eigenvalue weighted by molar-refractivity contribution is 7.98. The number of benzene rings is 2. The summed E-state index contributed by atoms with van der Waals surface area (Å²) in [5.74, 6) is -1.81. The minimum absolute atomic E-state index is 0.0932. The molecule has 3 aromatic rings. The number of hydrogen-bond donors (Lipinski definition) is 1. The Morgan fingerprint density at radius 2 is 1.83 bits per heavy atom. The zero-order valence-corrected chi connectivity index (χ0v) is 17.4. The molecule has 0 spiro atoms. The molecule has 5 nitrogen and oxygen atoms in total. The van der Waals surface area contributed by atoms with Gasteiger partial charge in [-0.3, -0.25) is 9.59 Å². The lowest BCUT2D eigenvalue weighted by atomic mass is 9.86. The van der Waals surface area contributed by atoms with Gasteiger partial charge < -0.3 is 9.88 Å². The number of amides is 1. The molecule has 9 heteroatoms. The summed E-state index contributed by atoms with van der Waals surface area (Å²) in [6.07, 6.45) is -0.0932. The summed E-state index contributed by atoms with van der Waals surface area (Å²) < 4.78 is 29.1. The number of fused-ring (bicyclic) bond motifs is 1. The molecule has 2 aromatic carbocycles. The molecule has 1 amide bonds. The van der Waals surface area contributed by atoms with Crippen molar-refractivity contribution < 1.29 is 13.6 Å². The van der Waals surface area contributed by atoms with Crippen molar-refractivity contribution in [3.8, 4) is 0 Å². The van der Waals surface area contributed by atoms with Gasteiger partial charge in [-0.2, -0.15) is 4.98 Å². The maximum Gasteiger partial charge on any atom is 0.279 e. The Morgan fingerprint density at radius 1 is 1.17 bits per heavy atom. The Hall–Kier alpha value is -2.71. The molecule has 4 rings (SSSR count). The number of carbonyl (C=O) groups excluding carboxylic acids is 1. The Kier molecular flexibility index (Phi) is 5.62. The molecule has 30 heavy (non-hydrogen) atoms. The van der Waals surface area contributed by atoms with Crippen LogP contribution < -0.4 is 10.9 Å². The molecular weight excluding hydrogens is 432 g/mol. The third-order valence-corrected chi connectivity index (χ3v) is 6.22. The minimum atomic E-state index is -0.777. The summed E-state index contributed by atoms with van der Waals surface area (Å²) in [6.45, 7) is 0. The predicted octanol–water partition coefficient (Wildman–Crippen LogP) is 4.48. The summed E-state index contributed by atoms with van der Waals surface area (Å²) in [5.41, 5.74) is 0.909. The quantitative estimate of drug-likeness (QED) is 0.473. The van der Waals surface area contributed by atoms with Crippen LogP contribution in [0.4, 0.5) is 14.6 Å². The molecule has 1 aliphatic heterocycles. The van der Waals surface area contributed by atoms with Gasteiger partial charge >= 0.3 is 0 Å². The van der Waals surface area contributed by atoms with E-state index in [-0.39, 0.29) is 23.5 Å². The van der Waals surface area contributed by atoms with E-state index in [1.165, 1.54) is 11.8 Å². The summed E-state index contributed by atoms with van der Waals surface area (Å²) in [5, 5.41) is 3.76. The van der Waals surface area contributed by atoms with Crippen LogP contribution in [0.5, 0.6) is 0 Å². The summed E-state index contributed by atoms with van der Waals surface area (Å²) in [4.78, 5) is 29.3. The van der Waals surface area contributed by atoms with E-state index in [4.69, 9.17) is 11.6 Å². The first-order valence-corrected chi connectivity index (χ1v) is 10.4. The lowest BCUT2D eigenvalue weighted by Gasteiger charge is -2.27. The first kappa shape index (κ1) is 20.6. The molecule has 1 unspecified atom stereocenters. The Balaban J connectivity index is 1.72. The molecule has 2 heterocycles. The SMILES string of the molecule is Cn1c(SCc2ccc(Cl)cc2)nc(=O)c2c1NC(=O)CC2c1cc(F)cc(F)c1. The molecule has 154 valence electrons. The Bertz CT molecular complexity index is 1180. The summed E-state index contributed by atoms with van der Waals surface area (Å²) in [7, 11) is 1.68. The third kappa shape index (κ3) is 4.11. The van der Waals surface area contributed by atoms with Crippen LogP contribution in [0.2, 0.25) is 5.02 Å². The molecule has 0 saturated carbocycles. The van der Waals surface area contributed by atoms with Crippen LogP contribution in [0.15, 0.2) is 52.4 Å². The minimum Gasteiger partial charge on any atom is -0.312 e. The standard InChI is InChI=1S/C21H16ClF2N3O2S/c1-27-19-18(16(9-17(28)25-19)12-6-14(23)8-15(24)7-12)20(29)26-21(27)30-10-11-2-4-13(22)5-3-11/h2-8,16H,9-10H2,1H3,(H,25,28). The van der Waals surface area contributed by atoms with Gasteiger partial charge in [-0.1, -0.05) is 35.5 Å². The van der Waals surface area contributed by atoms with Crippen molar-refractivity contribution >= 4 is 35.1 Å². The molecule has 0 bridgehead atoms. The highest BCUT2D eigenvalue weighted by Gasteiger charge is 2.32.